The van der Waals surface area contributed by atoms with Gasteiger partial charge in [0.25, 0.3) is 5.91 Å². The summed E-state index contributed by atoms with van der Waals surface area (Å²) in [7, 11) is 0. The molecule has 8 nitrogen and oxygen atoms in total. The number of hydrogen-bond donors (Lipinski definition) is 3. The van der Waals surface area contributed by atoms with Crippen molar-refractivity contribution >= 4 is 29.4 Å². The van der Waals surface area contributed by atoms with Crippen LogP contribution in [0.1, 0.15) is 21.5 Å². The fraction of sp³-hybridized carbons (Fsp3) is 0.200. The second kappa shape index (κ2) is 15.5. The van der Waals surface area contributed by atoms with Crippen LogP contribution in [0.15, 0.2) is 109 Å². The van der Waals surface area contributed by atoms with Crippen molar-refractivity contribution in [2.45, 2.75) is 24.2 Å². The lowest BCUT2D eigenvalue weighted by Crippen LogP contribution is -2.59. The Bertz CT molecular complexity index is 1730. The number of carbonyl (C=O) groups excluding carboxylic acids is 4. The number of anilines is 1. The van der Waals surface area contributed by atoms with Gasteiger partial charge >= 0.3 is 18.3 Å². The van der Waals surface area contributed by atoms with Crippen molar-refractivity contribution in [2.75, 3.05) is 25.0 Å². The van der Waals surface area contributed by atoms with E-state index in [1.165, 1.54) is 53.1 Å². The molecule has 0 aliphatic heterocycles. The molecule has 0 fully saturated rings. The van der Waals surface area contributed by atoms with Gasteiger partial charge in [-0.1, -0.05) is 91.0 Å². The first kappa shape index (κ1) is 36.2. The monoisotopic (exact) mass is 685 g/mol. The van der Waals surface area contributed by atoms with E-state index in [0.717, 1.165) is 17.7 Å². The summed E-state index contributed by atoms with van der Waals surface area (Å²) >= 11 is 0. The van der Waals surface area contributed by atoms with Crippen LogP contribution in [-0.4, -0.2) is 55.7 Å². The summed E-state index contributed by atoms with van der Waals surface area (Å²) in [6.45, 7) is -5.01. The van der Waals surface area contributed by atoms with Crippen molar-refractivity contribution in [1.29, 1.82) is 0 Å². The van der Waals surface area contributed by atoms with E-state index in [1.807, 2.05) is 36.4 Å². The highest BCUT2D eigenvalue weighted by atomic mass is 19.4. The molecule has 0 saturated carbocycles. The number of halogens is 6. The smallest absolute Gasteiger partial charge is 0.405 e. The van der Waals surface area contributed by atoms with Gasteiger partial charge in [0.2, 0.25) is 11.8 Å². The molecule has 0 spiro atoms. The summed E-state index contributed by atoms with van der Waals surface area (Å²) in [5.74, 6) is -4.69. The molecule has 0 heterocycles. The van der Waals surface area contributed by atoms with Crippen LogP contribution in [0.3, 0.4) is 0 Å². The van der Waals surface area contributed by atoms with Gasteiger partial charge in [0.1, 0.15) is 19.7 Å². The first-order valence-electron chi connectivity index (χ1n) is 14.6. The van der Waals surface area contributed by atoms with E-state index in [1.54, 1.807) is 18.2 Å². The number of alkyl halides is 6. The van der Waals surface area contributed by atoms with Crippen LogP contribution >= 0.6 is 0 Å². The maximum atomic E-state index is 13.2. The molecule has 0 aromatic heterocycles. The number of hydrogen-bond acceptors (Lipinski definition) is 5. The molecule has 0 atom stereocenters. The van der Waals surface area contributed by atoms with Gasteiger partial charge in [-0.25, -0.2) is 0 Å². The van der Waals surface area contributed by atoms with Gasteiger partial charge in [0.05, 0.1) is 6.42 Å². The van der Waals surface area contributed by atoms with Crippen molar-refractivity contribution in [3.05, 3.63) is 126 Å². The third kappa shape index (κ3) is 9.92. The number of ether oxygens (including phenoxy) is 1. The molecular weight excluding hydrogens is 656 g/mol. The molecule has 0 saturated heterocycles. The van der Waals surface area contributed by atoms with Gasteiger partial charge in [-0.2, -0.15) is 26.3 Å². The number of esters is 1. The zero-order valence-corrected chi connectivity index (χ0v) is 25.5. The summed E-state index contributed by atoms with van der Waals surface area (Å²) in [6.07, 6.45) is -10.3. The van der Waals surface area contributed by atoms with Crippen LogP contribution in [-0.2, 0) is 31.0 Å². The Balaban J connectivity index is 1.49. The Kier molecular flexibility index (Phi) is 11.4. The first-order valence-corrected chi connectivity index (χ1v) is 14.6. The first-order chi connectivity index (χ1) is 23.2. The molecule has 3 N–H and O–H groups in total. The Labute approximate surface area is 276 Å². The Morgan fingerprint density at radius 3 is 1.67 bits per heavy atom. The minimum atomic E-state index is -4.92. The highest BCUT2D eigenvalue weighted by Gasteiger charge is 2.50. The van der Waals surface area contributed by atoms with Gasteiger partial charge in [0, 0.05) is 11.3 Å². The van der Waals surface area contributed by atoms with Crippen molar-refractivity contribution < 1.29 is 50.3 Å². The second-order valence-electron chi connectivity index (χ2n) is 10.8. The zero-order chi connectivity index (χ0) is 35.7. The molecule has 49 heavy (non-hydrogen) atoms. The van der Waals surface area contributed by atoms with E-state index in [0.29, 0.717) is 22.4 Å². The van der Waals surface area contributed by atoms with Gasteiger partial charge in [-0.3, -0.25) is 19.2 Å². The third-order valence-electron chi connectivity index (χ3n) is 7.21. The lowest BCUT2D eigenvalue weighted by atomic mass is 9.79. The van der Waals surface area contributed by atoms with Gasteiger partial charge in [0.15, 0.2) is 5.41 Å². The standard InChI is InChI=1S/C35H29F6N3O5/c36-34(37,38)20-42-31(47)33(25-11-5-2-6-12-25,32(48)43-21-35(39,40)41)22-49-29(45)19-23-15-17-26(18-16-23)44-30(46)28-14-8-7-13-27(28)24-9-3-1-4-10-24/h1-18H,19-22H2,(H,42,47)(H,43,48)(H,44,46). The average Bonchev–Trinajstić information content (AvgIpc) is 3.07. The Morgan fingerprint density at radius 1 is 0.612 bits per heavy atom. The van der Waals surface area contributed by atoms with Crippen LogP contribution < -0.4 is 16.0 Å². The lowest BCUT2D eigenvalue weighted by Gasteiger charge is -2.31. The molecule has 14 heteroatoms. The summed E-state index contributed by atoms with van der Waals surface area (Å²) in [5.41, 5.74) is -0.410. The number of benzene rings is 4. The molecule has 0 bridgehead atoms. The minimum Gasteiger partial charge on any atom is -0.463 e. The number of nitrogens with one attached hydrogen (secondary N) is 3. The van der Waals surface area contributed by atoms with Crippen molar-refractivity contribution in [2.24, 2.45) is 0 Å². The van der Waals surface area contributed by atoms with E-state index in [9.17, 15) is 45.5 Å². The predicted molar refractivity (Wildman–Crippen MR) is 167 cm³/mol. The zero-order valence-electron chi connectivity index (χ0n) is 25.5. The van der Waals surface area contributed by atoms with Crippen molar-refractivity contribution in [3.8, 4) is 11.1 Å². The van der Waals surface area contributed by atoms with Gasteiger partial charge in [-0.05, 0) is 40.5 Å². The molecule has 0 radical (unpaired) electrons. The third-order valence-corrected chi connectivity index (χ3v) is 7.21. The SMILES string of the molecule is O=C(Cc1ccc(NC(=O)c2ccccc2-c2ccccc2)cc1)OCC(C(=O)NCC(F)(F)F)(C(=O)NCC(F)(F)F)c1ccccc1. The van der Waals surface area contributed by atoms with E-state index in [4.69, 9.17) is 4.74 Å². The maximum absolute atomic E-state index is 13.2. The largest absolute Gasteiger partial charge is 0.463 e. The Hall–Kier alpha value is -5.66. The summed E-state index contributed by atoms with van der Waals surface area (Å²) in [4.78, 5) is 52.4. The number of amides is 3. The van der Waals surface area contributed by atoms with Gasteiger partial charge < -0.3 is 20.7 Å². The normalized spacial score (nSPS) is 11.7. The maximum Gasteiger partial charge on any atom is 0.405 e. The molecule has 4 aromatic carbocycles. The highest BCUT2D eigenvalue weighted by molar-refractivity contribution is 6.11. The minimum absolute atomic E-state index is 0.309. The number of carbonyl (C=O) groups is 4. The van der Waals surface area contributed by atoms with E-state index >= 15 is 0 Å². The van der Waals surface area contributed by atoms with E-state index < -0.39 is 67.6 Å². The highest BCUT2D eigenvalue weighted by Crippen LogP contribution is 2.29. The second-order valence-corrected chi connectivity index (χ2v) is 10.8. The Morgan fingerprint density at radius 2 is 1.12 bits per heavy atom. The summed E-state index contributed by atoms with van der Waals surface area (Å²) in [5, 5.41) is 5.83. The molecule has 0 unspecified atom stereocenters. The molecular formula is C35H29F6N3O5. The summed E-state index contributed by atoms with van der Waals surface area (Å²) < 4.78 is 83.0. The van der Waals surface area contributed by atoms with Crippen LogP contribution in [0.5, 0.6) is 0 Å². The lowest BCUT2D eigenvalue weighted by molar-refractivity contribution is -0.157. The van der Waals surface area contributed by atoms with Crippen LogP contribution in [0, 0.1) is 0 Å². The molecule has 4 rings (SSSR count). The van der Waals surface area contributed by atoms with Crippen LogP contribution in [0.25, 0.3) is 11.1 Å². The quantitative estimate of drug-likeness (QED) is 0.0965. The summed E-state index contributed by atoms with van der Waals surface area (Å²) in [6, 6.07) is 28.6. The van der Waals surface area contributed by atoms with Crippen LogP contribution in [0.4, 0.5) is 32.0 Å². The van der Waals surface area contributed by atoms with E-state index in [2.05, 4.69) is 5.32 Å². The van der Waals surface area contributed by atoms with Crippen LogP contribution in [0.2, 0.25) is 0 Å². The fourth-order valence-electron chi connectivity index (χ4n) is 4.83. The van der Waals surface area contributed by atoms with Crippen molar-refractivity contribution in [1.82, 2.24) is 10.6 Å². The topological polar surface area (TPSA) is 114 Å². The van der Waals surface area contributed by atoms with Crippen molar-refractivity contribution in [3.63, 3.8) is 0 Å². The molecule has 4 aromatic rings. The molecule has 0 aliphatic rings. The van der Waals surface area contributed by atoms with E-state index in [-0.39, 0.29) is 5.56 Å². The predicted octanol–water partition coefficient (Wildman–Crippen LogP) is 5.99. The number of rotatable bonds is 12. The molecule has 3 amide bonds. The molecule has 256 valence electrons. The van der Waals surface area contributed by atoms with Gasteiger partial charge in [-0.15, -0.1) is 0 Å². The average molecular weight is 686 g/mol. The fourth-order valence-corrected chi connectivity index (χ4v) is 4.83. The molecule has 0 aliphatic carbocycles.